The highest BCUT2D eigenvalue weighted by atomic mass is 31.2. The molecule has 1 N–H and O–H groups in total. The minimum atomic E-state index is -4.64. The Morgan fingerprint density at radius 3 is 2.54 bits per heavy atom. The van der Waals surface area contributed by atoms with Crippen molar-refractivity contribution in [1.82, 2.24) is 24.4 Å². The molecular weight excluding hydrogens is 535 g/mol. The fourth-order valence-electron chi connectivity index (χ4n) is 4.39. The highest BCUT2D eigenvalue weighted by Gasteiger charge is 2.36. The van der Waals surface area contributed by atoms with Gasteiger partial charge >= 0.3 is 6.18 Å². The van der Waals surface area contributed by atoms with Gasteiger partial charge in [0, 0.05) is 31.2 Å². The van der Waals surface area contributed by atoms with E-state index >= 15 is 0 Å². The van der Waals surface area contributed by atoms with Gasteiger partial charge in [-0.25, -0.2) is 14.4 Å². The smallest absolute Gasteiger partial charge is 0.420 e. The lowest BCUT2D eigenvalue weighted by atomic mass is 10.1. The Bertz CT molecular complexity index is 1560. The first-order valence-corrected chi connectivity index (χ1v) is 14.9. The van der Waals surface area contributed by atoms with Gasteiger partial charge in [0.15, 0.2) is 11.5 Å². The van der Waals surface area contributed by atoms with Crippen LogP contribution in [-0.4, -0.2) is 64.0 Å². The standard InChI is InChI=1S/C26H27F4N6O2P/c1-35-11-9-17(10-12-35)38-21-8-7-16(13-19(21)26(28,29)30)32-25-31-14-18-20(27)15-36(24(18)34-25)22-5-4-6-23(33-22)39(2,3)37/h4-8,13-15,17H,9-12H2,1-3H3,(H,31,32,34). The van der Waals surface area contributed by atoms with Gasteiger partial charge in [-0.05, 0) is 63.6 Å². The van der Waals surface area contributed by atoms with Crippen LogP contribution in [0.5, 0.6) is 5.75 Å². The second-order valence-electron chi connectivity index (χ2n) is 9.94. The molecule has 0 aliphatic carbocycles. The molecule has 4 heterocycles. The number of hydrogen-bond donors (Lipinski definition) is 1. The topological polar surface area (TPSA) is 85.2 Å². The summed E-state index contributed by atoms with van der Waals surface area (Å²) in [4.78, 5) is 14.9. The van der Waals surface area contributed by atoms with Crippen LogP contribution in [0.1, 0.15) is 18.4 Å². The average molecular weight is 563 g/mol. The summed E-state index contributed by atoms with van der Waals surface area (Å²) in [7, 11) is -0.717. The van der Waals surface area contributed by atoms with Crippen LogP contribution in [0, 0.1) is 5.82 Å². The van der Waals surface area contributed by atoms with Crippen molar-refractivity contribution >= 4 is 35.2 Å². The third kappa shape index (κ3) is 5.91. The van der Waals surface area contributed by atoms with E-state index in [0.29, 0.717) is 24.1 Å². The van der Waals surface area contributed by atoms with Crippen molar-refractivity contribution in [2.24, 2.45) is 0 Å². The molecule has 0 spiro atoms. The predicted molar refractivity (Wildman–Crippen MR) is 142 cm³/mol. The van der Waals surface area contributed by atoms with Gasteiger partial charge in [0.2, 0.25) is 5.95 Å². The molecule has 206 valence electrons. The molecule has 0 amide bonds. The monoisotopic (exact) mass is 562 g/mol. The van der Waals surface area contributed by atoms with Gasteiger partial charge < -0.3 is 19.5 Å². The van der Waals surface area contributed by atoms with Crippen molar-refractivity contribution in [3.05, 3.63) is 60.2 Å². The Kier molecular flexibility index (Phi) is 7.11. The first-order chi connectivity index (χ1) is 18.4. The molecule has 1 saturated heterocycles. The van der Waals surface area contributed by atoms with Crippen LogP contribution in [-0.2, 0) is 10.7 Å². The Balaban J connectivity index is 1.46. The van der Waals surface area contributed by atoms with E-state index in [-0.39, 0.29) is 34.5 Å². The molecule has 13 heteroatoms. The third-order valence-electron chi connectivity index (χ3n) is 6.52. The van der Waals surface area contributed by atoms with E-state index in [1.807, 2.05) is 7.05 Å². The van der Waals surface area contributed by atoms with Crippen molar-refractivity contribution < 1.29 is 26.9 Å². The molecule has 0 radical (unpaired) electrons. The van der Waals surface area contributed by atoms with Crippen LogP contribution >= 0.6 is 7.14 Å². The Morgan fingerprint density at radius 2 is 1.85 bits per heavy atom. The number of aromatic nitrogens is 4. The number of nitrogens with one attached hydrogen (secondary N) is 1. The van der Waals surface area contributed by atoms with Crippen molar-refractivity contribution in [3.63, 3.8) is 0 Å². The van der Waals surface area contributed by atoms with E-state index in [9.17, 15) is 22.1 Å². The number of likely N-dealkylation sites (tertiary alicyclic amines) is 1. The SMILES string of the molecule is CN1CCC(Oc2ccc(Nc3ncc4c(F)cn(-c5cccc(P(C)(C)=O)n5)c4n3)cc2C(F)(F)F)CC1. The molecule has 1 aromatic carbocycles. The largest absolute Gasteiger partial charge is 0.490 e. The Labute approximate surface area is 222 Å². The zero-order chi connectivity index (χ0) is 27.9. The molecule has 5 rings (SSSR count). The molecule has 39 heavy (non-hydrogen) atoms. The normalized spacial score (nSPS) is 15.6. The summed E-state index contributed by atoms with van der Waals surface area (Å²) < 4.78 is 76.1. The van der Waals surface area contributed by atoms with E-state index in [0.717, 1.165) is 19.2 Å². The van der Waals surface area contributed by atoms with E-state index < -0.39 is 24.7 Å². The number of halogens is 4. The number of rotatable bonds is 6. The first-order valence-electron chi connectivity index (χ1n) is 12.3. The summed E-state index contributed by atoms with van der Waals surface area (Å²) in [5.74, 6) is -0.573. The van der Waals surface area contributed by atoms with Crippen LogP contribution in [0.2, 0.25) is 0 Å². The quantitative estimate of drug-likeness (QED) is 0.248. The molecular formula is C26H27F4N6O2P. The minimum Gasteiger partial charge on any atom is -0.490 e. The fourth-order valence-corrected chi connectivity index (χ4v) is 5.18. The van der Waals surface area contributed by atoms with Gasteiger partial charge in [-0.1, -0.05) is 6.07 Å². The number of hydrogen-bond acceptors (Lipinski definition) is 7. The zero-order valence-electron chi connectivity index (χ0n) is 21.5. The molecule has 8 nitrogen and oxygen atoms in total. The predicted octanol–water partition coefficient (Wildman–Crippen LogP) is 5.44. The van der Waals surface area contributed by atoms with Crippen LogP contribution < -0.4 is 15.5 Å². The third-order valence-corrected chi connectivity index (χ3v) is 7.87. The van der Waals surface area contributed by atoms with Gasteiger partial charge in [0.25, 0.3) is 0 Å². The zero-order valence-corrected chi connectivity index (χ0v) is 22.4. The minimum absolute atomic E-state index is 0.0354. The van der Waals surface area contributed by atoms with E-state index in [2.05, 4.69) is 25.2 Å². The maximum atomic E-state index is 14.7. The van der Waals surface area contributed by atoms with E-state index in [1.165, 1.54) is 29.1 Å². The number of alkyl halides is 3. The Hall–Kier alpha value is -3.50. The summed E-state index contributed by atoms with van der Waals surface area (Å²) in [5.41, 5.74) is -0.299. The van der Waals surface area contributed by atoms with Crippen molar-refractivity contribution in [2.45, 2.75) is 25.1 Å². The molecule has 4 aromatic rings. The molecule has 0 unspecified atom stereocenters. The molecule has 1 aliphatic heterocycles. The lowest BCUT2D eigenvalue weighted by Gasteiger charge is -2.30. The summed E-state index contributed by atoms with van der Waals surface area (Å²) in [5, 5.41) is 2.88. The van der Waals surface area contributed by atoms with Crippen LogP contribution in [0.25, 0.3) is 16.9 Å². The molecule has 1 aliphatic rings. The van der Waals surface area contributed by atoms with Crippen LogP contribution in [0.4, 0.5) is 29.2 Å². The lowest BCUT2D eigenvalue weighted by Crippen LogP contribution is -2.36. The number of nitrogens with zero attached hydrogens (tertiary/aromatic N) is 5. The number of benzene rings is 1. The molecule has 1 fully saturated rings. The number of anilines is 2. The number of piperidine rings is 1. The number of fused-ring (bicyclic) bond motifs is 1. The fraction of sp³-hybridized carbons (Fsp3) is 0.346. The van der Waals surface area contributed by atoms with Crippen LogP contribution in [0.3, 0.4) is 0 Å². The van der Waals surface area contributed by atoms with Gasteiger partial charge in [-0.15, -0.1) is 0 Å². The number of pyridine rings is 1. The first kappa shape index (κ1) is 27.1. The summed E-state index contributed by atoms with van der Waals surface area (Å²) in [6.07, 6.45) is -1.23. The maximum Gasteiger partial charge on any atom is 0.420 e. The van der Waals surface area contributed by atoms with Crippen molar-refractivity contribution in [3.8, 4) is 11.6 Å². The molecule has 3 aromatic heterocycles. The van der Waals surface area contributed by atoms with Crippen molar-refractivity contribution in [1.29, 1.82) is 0 Å². The molecule has 0 atom stereocenters. The molecule has 0 bridgehead atoms. The lowest BCUT2D eigenvalue weighted by molar-refractivity contribution is -0.139. The van der Waals surface area contributed by atoms with E-state index in [4.69, 9.17) is 4.74 Å². The highest BCUT2D eigenvalue weighted by Crippen LogP contribution is 2.39. The average Bonchev–Trinajstić information content (AvgIpc) is 3.21. The second kappa shape index (κ2) is 10.2. The van der Waals surface area contributed by atoms with Crippen molar-refractivity contribution in [2.75, 3.05) is 38.8 Å². The van der Waals surface area contributed by atoms with Gasteiger partial charge in [-0.2, -0.15) is 18.2 Å². The summed E-state index contributed by atoms with van der Waals surface area (Å²) >= 11 is 0. The molecule has 0 saturated carbocycles. The summed E-state index contributed by atoms with van der Waals surface area (Å²) in [6, 6.07) is 8.60. The van der Waals surface area contributed by atoms with E-state index in [1.54, 1.807) is 31.5 Å². The van der Waals surface area contributed by atoms with Crippen LogP contribution in [0.15, 0.2) is 48.8 Å². The van der Waals surface area contributed by atoms with Gasteiger partial charge in [-0.3, -0.25) is 4.57 Å². The maximum absolute atomic E-state index is 14.7. The number of ether oxygens (including phenoxy) is 1. The second-order valence-corrected chi connectivity index (χ2v) is 13.1. The Morgan fingerprint density at radius 1 is 1.10 bits per heavy atom. The van der Waals surface area contributed by atoms with Gasteiger partial charge in [0.1, 0.15) is 30.2 Å². The summed E-state index contributed by atoms with van der Waals surface area (Å²) in [6.45, 7) is 4.67. The van der Waals surface area contributed by atoms with Gasteiger partial charge in [0.05, 0.1) is 10.9 Å². The highest BCUT2D eigenvalue weighted by molar-refractivity contribution is 7.69.